The van der Waals surface area contributed by atoms with E-state index in [1.807, 2.05) is 0 Å². The number of hydrogen-bond acceptors (Lipinski definition) is 3. The fourth-order valence-electron chi connectivity index (χ4n) is 4.10. The van der Waals surface area contributed by atoms with Gasteiger partial charge in [-0.2, -0.15) is 0 Å². The number of aliphatic carboxylic acids is 1. The van der Waals surface area contributed by atoms with Crippen molar-refractivity contribution in [2.24, 2.45) is 5.41 Å². The van der Waals surface area contributed by atoms with Gasteiger partial charge in [0.15, 0.2) is 0 Å². The van der Waals surface area contributed by atoms with Crippen LogP contribution in [0.1, 0.15) is 51.9 Å². The van der Waals surface area contributed by atoms with Crippen molar-refractivity contribution in [1.82, 2.24) is 4.90 Å². The van der Waals surface area contributed by atoms with Crippen molar-refractivity contribution < 1.29 is 14.6 Å². The Morgan fingerprint density at radius 1 is 1.42 bits per heavy atom. The van der Waals surface area contributed by atoms with Gasteiger partial charge in [0.1, 0.15) is 0 Å². The fourth-order valence-corrected chi connectivity index (χ4v) is 4.10. The molecule has 4 nitrogen and oxygen atoms in total. The van der Waals surface area contributed by atoms with E-state index in [4.69, 9.17) is 9.84 Å². The monoisotopic (exact) mass is 269 g/mol. The van der Waals surface area contributed by atoms with Gasteiger partial charge in [0.2, 0.25) is 0 Å². The second-order valence-corrected chi connectivity index (χ2v) is 6.11. The van der Waals surface area contributed by atoms with Crippen LogP contribution in [0.5, 0.6) is 0 Å². The molecular formula is C15H27NO3. The number of hydrogen-bond donors (Lipinski definition) is 1. The Hall–Kier alpha value is -0.610. The van der Waals surface area contributed by atoms with Crippen molar-refractivity contribution in [3.8, 4) is 0 Å². The third-order valence-corrected chi connectivity index (χ3v) is 5.08. The van der Waals surface area contributed by atoms with Crippen LogP contribution in [0.25, 0.3) is 0 Å². The summed E-state index contributed by atoms with van der Waals surface area (Å²) in [4.78, 5) is 13.0. The van der Waals surface area contributed by atoms with Crippen LogP contribution in [-0.4, -0.2) is 48.3 Å². The van der Waals surface area contributed by atoms with Gasteiger partial charge in [-0.25, -0.2) is 0 Å². The van der Waals surface area contributed by atoms with Gasteiger partial charge in [-0.05, 0) is 46.2 Å². The second kappa shape index (κ2) is 6.23. The third kappa shape index (κ3) is 2.95. The molecule has 0 aromatic carbocycles. The van der Waals surface area contributed by atoms with E-state index in [9.17, 15) is 4.79 Å². The van der Waals surface area contributed by atoms with Crippen molar-refractivity contribution in [1.29, 1.82) is 0 Å². The molecule has 2 rings (SSSR count). The van der Waals surface area contributed by atoms with Crippen LogP contribution in [0.2, 0.25) is 0 Å². The van der Waals surface area contributed by atoms with E-state index in [2.05, 4.69) is 18.9 Å². The molecule has 2 aliphatic rings. The predicted octanol–water partition coefficient (Wildman–Crippen LogP) is 2.52. The minimum atomic E-state index is -0.690. The lowest BCUT2D eigenvalue weighted by atomic mass is 9.60. The Bertz CT molecular complexity index is 313. The Morgan fingerprint density at radius 2 is 2.11 bits per heavy atom. The summed E-state index contributed by atoms with van der Waals surface area (Å²) in [6, 6.07) is 0.598. The minimum absolute atomic E-state index is 0.277. The first-order valence-electron chi connectivity index (χ1n) is 7.64. The number of carboxylic acid groups (broad SMARTS) is 1. The summed E-state index contributed by atoms with van der Waals surface area (Å²) < 4.78 is 5.92. The molecule has 0 aromatic rings. The predicted molar refractivity (Wildman–Crippen MR) is 74.2 cm³/mol. The second-order valence-electron chi connectivity index (χ2n) is 6.11. The van der Waals surface area contributed by atoms with E-state index in [-0.39, 0.29) is 6.42 Å². The lowest BCUT2D eigenvalue weighted by Gasteiger charge is -2.57. The largest absolute Gasteiger partial charge is 0.481 e. The zero-order valence-electron chi connectivity index (χ0n) is 12.2. The molecular weight excluding hydrogens is 242 g/mol. The van der Waals surface area contributed by atoms with Gasteiger partial charge in [0.05, 0.1) is 6.10 Å². The smallest absolute Gasteiger partial charge is 0.303 e. The highest BCUT2D eigenvalue weighted by Crippen LogP contribution is 2.56. The summed E-state index contributed by atoms with van der Waals surface area (Å²) in [6.07, 6.45) is 7.80. The molecule has 0 bridgehead atoms. The normalized spacial score (nSPS) is 28.8. The van der Waals surface area contributed by atoms with Gasteiger partial charge in [-0.15, -0.1) is 0 Å². The SMILES string of the molecule is CCO[C@@H]1C[C@H](N(C)CCCC(=O)O)C12CCCC2. The van der Waals surface area contributed by atoms with Crippen LogP contribution >= 0.6 is 0 Å². The molecule has 2 atom stereocenters. The number of carboxylic acids is 1. The highest BCUT2D eigenvalue weighted by molar-refractivity contribution is 5.66. The first kappa shape index (κ1) is 14.8. The molecule has 0 heterocycles. The standard InChI is InChI=1S/C15H27NO3/c1-3-19-13-11-12(15(13)8-4-5-9-15)16(2)10-6-7-14(17)18/h12-13H,3-11H2,1-2H3,(H,17,18)/t12-,13+/m0/s1. The molecule has 1 N–H and O–H groups in total. The molecule has 0 unspecified atom stereocenters. The Balaban J connectivity index is 1.87. The van der Waals surface area contributed by atoms with Crippen molar-refractivity contribution in [3.05, 3.63) is 0 Å². The molecule has 0 aliphatic heterocycles. The Morgan fingerprint density at radius 3 is 2.68 bits per heavy atom. The van der Waals surface area contributed by atoms with Crippen LogP contribution in [0, 0.1) is 5.41 Å². The van der Waals surface area contributed by atoms with E-state index >= 15 is 0 Å². The first-order chi connectivity index (χ1) is 9.10. The lowest BCUT2D eigenvalue weighted by Crippen LogP contribution is -2.63. The van der Waals surface area contributed by atoms with Crippen LogP contribution in [-0.2, 0) is 9.53 Å². The minimum Gasteiger partial charge on any atom is -0.481 e. The van der Waals surface area contributed by atoms with E-state index in [1.165, 1.54) is 25.7 Å². The number of rotatable bonds is 7. The Labute approximate surface area is 116 Å². The van der Waals surface area contributed by atoms with Gasteiger partial charge in [-0.1, -0.05) is 12.8 Å². The van der Waals surface area contributed by atoms with Crippen LogP contribution < -0.4 is 0 Å². The van der Waals surface area contributed by atoms with Gasteiger partial charge in [-0.3, -0.25) is 4.79 Å². The molecule has 110 valence electrons. The van der Waals surface area contributed by atoms with E-state index in [0.29, 0.717) is 17.6 Å². The van der Waals surface area contributed by atoms with Crippen LogP contribution in [0.3, 0.4) is 0 Å². The maximum Gasteiger partial charge on any atom is 0.303 e. The van der Waals surface area contributed by atoms with E-state index in [1.54, 1.807) is 0 Å². The van der Waals surface area contributed by atoms with Crippen molar-refractivity contribution in [2.45, 2.75) is 64.0 Å². The maximum atomic E-state index is 10.6. The number of ether oxygens (including phenoxy) is 1. The molecule has 0 aromatic heterocycles. The molecule has 4 heteroatoms. The van der Waals surface area contributed by atoms with Gasteiger partial charge in [0, 0.05) is 24.5 Å². The summed E-state index contributed by atoms with van der Waals surface area (Å²) in [5.41, 5.74) is 0.369. The molecule has 2 aliphatic carbocycles. The molecule has 0 amide bonds. The quantitative estimate of drug-likeness (QED) is 0.771. The van der Waals surface area contributed by atoms with Crippen molar-refractivity contribution >= 4 is 5.97 Å². The molecule has 2 fully saturated rings. The summed E-state index contributed by atoms with van der Waals surface area (Å²) in [6.45, 7) is 3.77. The zero-order chi connectivity index (χ0) is 13.9. The van der Waals surface area contributed by atoms with Gasteiger partial charge < -0.3 is 14.7 Å². The fraction of sp³-hybridized carbons (Fsp3) is 0.933. The first-order valence-corrected chi connectivity index (χ1v) is 7.64. The molecule has 2 saturated carbocycles. The molecule has 19 heavy (non-hydrogen) atoms. The zero-order valence-corrected chi connectivity index (χ0v) is 12.2. The maximum absolute atomic E-state index is 10.6. The average molecular weight is 269 g/mol. The van der Waals surface area contributed by atoms with Crippen molar-refractivity contribution in [2.75, 3.05) is 20.2 Å². The summed E-state index contributed by atoms with van der Waals surface area (Å²) >= 11 is 0. The Kier molecular flexibility index (Phi) is 4.85. The molecule has 1 spiro atoms. The number of carbonyl (C=O) groups is 1. The van der Waals surface area contributed by atoms with Gasteiger partial charge in [0.25, 0.3) is 0 Å². The van der Waals surface area contributed by atoms with Crippen molar-refractivity contribution in [3.63, 3.8) is 0 Å². The molecule has 0 saturated heterocycles. The average Bonchev–Trinajstić information content (AvgIpc) is 2.85. The summed E-state index contributed by atoms with van der Waals surface area (Å²) in [5, 5.41) is 8.71. The summed E-state index contributed by atoms with van der Waals surface area (Å²) in [7, 11) is 2.15. The molecule has 0 radical (unpaired) electrons. The highest BCUT2D eigenvalue weighted by atomic mass is 16.5. The highest BCUT2D eigenvalue weighted by Gasteiger charge is 2.57. The van der Waals surface area contributed by atoms with Gasteiger partial charge >= 0.3 is 5.97 Å². The lowest BCUT2D eigenvalue weighted by molar-refractivity contribution is -0.160. The van der Waals surface area contributed by atoms with Crippen LogP contribution in [0.4, 0.5) is 0 Å². The van der Waals surface area contributed by atoms with Crippen LogP contribution in [0.15, 0.2) is 0 Å². The van der Waals surface area contributed by atoms with E-state index in [0.717, 1.165) is 26.0 Å². The number of nitrogens with zero attached hydrogens (tertiary/aromatic N) is 1. The topological polar surface area (TPSA) is 49.8 Å². The summed E-state index contributed by atoms with van der Waals surface area (Å²) in [5.74, 6) is -0.690. The van der Waals surface area contributed by atoms with E-state index < -0.39 is 5.97 Å². The third-order valence-electron chi connectivity index (χ3n) is 5.08.